The smallest absolute Gasteiger partial charge is 0.203 e. The van der Waals surface area contributed by atoms with Crippen LogP contribution in [0.4, 0.5) is 8.78 Å². The fraction of sp³-hybridized carbons (Fsp3) is 0.333. The lowest BCUT2D eigenvalue weighted by molar-refractivity contribution is 0.456. The molecule has 0 aromatic heterocycles. The van der Waals surface area contributed by atoms with Gasteiger partial charge in [0.1, 0.15) is 0 Å². The van der Waals surface area contributed by atoms with Crippen LogP contribution in [0.1, 0.15) is 0 Å². The van der Waals surface area contributed by atoms with Crippen molar-refractivity contribution in [1.82, 2.24) is 0 Å². The summed E-state index contributed by atoms with van der Waals surface area (Å²) in [5.41, 5.74) is 0. The molecule has 0 aromatic carbocycles. The first-order valence-corrected chi connectivity index (χ1v) is 2.66. The van der Waals surface area contributed by atoms with Crippen molar-refractivity contribution in [2.45, 2.75) is 4.59 Å². The van der Waals surface area contributed by atoms with Crippen LogP contribution in [-0.4, -0.2) is 4.59 Å². The maximum atomic E-state index is 11.8. The number of rotatable bonds is 1. The number of hydrogen-bond donors (Lipinski definition) is 0. The molecule has 0 saturated heterocycles. The third kappa shape index (κ3) is 6.47. The molecule has 48 valence electrons. The molecular formula is C3HCl3F2. The summed E-state index contributed by atoms with van der Waals surface area (Å²) < 4.78 is 20.5. The Bertz CT molecular complexity index is 99.6. The van der Waals surface area contributed by atoms with Gasteiger partial charge in [-0.1, -0.05) is 34.8 Å². The van der Waals surface area contributed by atoms with E-state index in [1.54, 1.807) is 0 Å². The van der Waals surface area contributed by atoms with E-state index in [9.17, 15) is 8.78 Å². The van der Waals surface area contributed by atoms with Crippen LogP contribution in [0.25, 0.3) is 0 Å². The third-order valence-electron chi connectivity index (χ3n) is 0.273. The van der Waals surface area contributed by atoms with Gasteiger partial charge < -0.3 is 0 Å². The minimum Gasteiger partial charge on any atom is -0.203 e. The number of allylic oxidation sites excluding steroid dienone is 1. The lowest BCUT2D eigenvalue weighted by Crippen LogP contribution is -1.96. The van der Waals surface area contributed by atoms with Crippen molar-refractivity contribution in [3.05, 3.63) is 11.4 Å². The van der Waals surface area contributed by atoms with Crippen molar-refractivity contribution >= 4 is 34.8 Å². The average molecular weight is 181 g/mol. The Kier molecular flexibility index (Phi) is 3.02. The van der Waals surface area contributed by atoms with Crippen molar-refractivity contribution in [2.24, 2.45) is 0 Å². The predicted molar refractivity (Wildman–Crippen MR) is 30.6 cm³/mol. The first kappa shape index (κ1) is 8.47. The molecule has 0 aliphatic carbocycles. The lowest BCUT2D eigenvalue weighted by atomic mass is 10.7. The van der Waals surface area contributed by atoms with Crippen LogP contribution in [0.2, 0.25) is 0 Å². The average Bonchev–Trinajstić information content (AvgIpc) is 1.21. The Morgan fingerprint density at radius 2 is 1.88 bits per heavy atom. The van der Waals surface area contributed by atoms with E-state index in [0.717, 1.165) is 0 Å². The predicted octanol–water partition coefficient (Wildman–Crippen LogP) is 3.14. The van der Waals surface area contributed by atoms with Crippen molar-refractivity contribution < 1.29 is 8.78 Å². The second kappa shape index (κ2) is 2.85. The molecule has 0 saturated carbocycles. The first-order valence-electron chi connectivity index (χ1n) is 1.52. The second-order valence-electron chi connectivity index (χ2n) is 0.976. The molecule has 0 unspecified atom stereocenters. The molecule has 0 rings (SSSR count). The van der Waals surface area contributed by atoms with Gasteiger partial charge in [0, 0.05) is 6.08 Å². The Balaban J connectivity index is 3.89. The van der Waals surface area contributed by atoms with Gasteiger partial charge in [0.15, 0.2) is 5.29 Å². The zero-order valence-electron chi connectivity index (χ0n) is 3.47. The van der Waals surface area contributed by atoms with E-state index >= 15 is 0 Å². The van der Waals surface area contributed by atoms with Crippen molar-refractivity contribution in [2.75, 3.05) is 0 Å². The highest BCUT2D eigenvalue weighted by Gasteiger charge is 2.18. The van der Waals surface area contributed by atoms with Crippen molar-refractivity contribution in [3.63, 3.8) is 0 Å². The highest BCUT2D eigenvalue weighted by molar-refractivity contribution is 6.49. The molecule has 5 heteroatoms. The first-order chi connectivity index (χ1) is 3.42. The van der Waals surface area contributed by atoms with E-state index in [4.69, 9.17) is 0 Å². The van der Waals surface area contributed by atoms with E-state index in [1.807, 2.05) is 0 Å². The molecule has 0 atom stereocenters. The van der Waals surface area contributed by atoms with Crippen LogP contribution in [0.15, 0.2) is 11.4 Å². The van der Waals surface area contributed by atoms with Crippen LogP contribution < -0.4 is 0 Å². The van der Waals surface area contributed by atoms with Crippen LogP contribution in [0, 0.1) is 0 Å². The summed E-state index contributed by atoms with van der Waals surface area (Å²) in [6, 6.07) is 0. The van der Waals surface area contributed by atoms with Gasteiger partial charge in [-0.3, -0.25) is 0 Å². The number of alkyl halides is 3. The number of hydrogen-bond acceptors (Lipinski definition) is 0. The van der Waals surface area contributed by atoms with E-state index in [0.29, 0.717) is 0 Å². The minimum absolute atomic E-state index is 0.234. The van der Waals surface area contributed by atoms with Crippen LogP contribution in [-0.2, 0) is 0 Å². The summed E-state index contributed by atoms with van der Waals surface area (Å²) in [5, 5.41) is -1.27. The van der Waals surface area contributed by atoms with Gasteiger partial charge in [0.05, 0.1) is 0 Å². The summed E-state index contributed by atoms with van der Waals surface area (Å²) in [4.78, 5) is 0. The minimum atomic E-state index is -2.70. The highest BCUT2D eigenvalue weighted by atomic mass is 35.5. The molecule has 0 aliphatic rings. The molecular weight excluding hydrogens is 180 g/mol. The van der Waals surface area contributed by atoms with E-state index in [-0.39, 0.29) is 6.08 Å². The van der Waals surface area contributed by atoms with Gasteiger partial charge in [0.2, 0.25) is 0 Å². The Hall–Kier alpha value is 0.470. The van der Waals surface area contributed by atoms with Gasteiger partial charge in [-0.15, -0.1) is 0 Å². The van der Waals surface area contributed by atoms with E-state index in [1.165, 1.54) is 0 Å². The standard InChI is InChI=1S/C3HCl3F2/c4-2(7)1-3(5,6)8/h1H/b2-1+. The summed E-state index contributed by atoms with van der Waals surface area (Å²) in [7, 11) is 0. The lowest BCUT2D eigenvalue weighted by Gasteiger charge is -1.97. The third-order valence-corrected chi connectivity index (χ3v) is 0.600. The van der Waals surface area contributed by atoms with Crippen LogP contribution in [0.3, 0.4) is 0 Å². The Labute approximate surface area is 60.0 Å². The van der Waals surface area contributed by atoms with E-state index < -0.39 is 9.87 Å². The molecule has 0 amide bonds. The molecule has 0 radical (unpaired) electrons. The summed E-state index contributed by atoms with van der Waals surface area (Å²) in [5.74, 6) is 0. The highest BCUT2D eigenvalue weighted by Crippen LogP contribution is 2.26. The van der Waals surface area contributed by atoms with Gasteiger partial charge in [-0.25, -0.2) is 4.39 Å². The molecule has 0 fully saturated rings. The zero-order chi connectivity index (χ0) is 6.78. The van der Waals surface area contributed by atoms with Gasteiger partial charge in [-0.05, 0) is 0 Å². The van der Waals surface area contributed by atoms with Crippen LogP contribution in [0.5, 0.6) is 0 Å². The van der Waals surface area contributed by atoms with Crippen LogP contribution >= 0.6 is 34.8 Å². The zero-order valence-corrected chi connectivity index (χ0v) is 5.73. The fourth-order valence-electron chi connectivity index (χ4n) is 0.124. The van der Waals surface area contributed by atoms with Gasteiger partial charge in [0.25, 0.3) is 4.59 Å². The molecule has 0 N–H and O–H groups in total. The molecule has 0 bridgehead atoms. The molecule has 0 aliphatic heterocycles. The molecule has 0 nitrogen and oxygen atoms in total. The topological polar surface area (TPSA) is 0 Å². The molecule has 0 heterocycles. The second-order valence-corrected chi connectivity index (χ2v) is 2.63. The largest absolute Gasteiger partial charge is 0.280 e. The maximum absolute atomic E-state index is 11.8. The quantitative estimate of drug-likeness (QED) is 0.545. The maximum Gasteiger partial charge on any atom is 0.280 e. The molecule has 0 aromatic rings. The SMILES string of the molecule is F/C(Cl)=C/C(F)(Cl)Cl. The Morgan fingerprint density at radius 1 is 1.50 bits per heavy atom. The van der Waals surface area contributed by atoms with Crippen molar-refractivity contribution in [1.29, 1.82) is 0 Å². The number of halogens is 5. The molecule has 8 heavy (non-hydrogen) atoms. The van der Waals surface area contributed by atoms with Gasteiger partial charge in [-0.2, -0.15) is 4.39 Å². The fourth-order valence-corrected chi connectivity index (χ4v) is 0.577. The summed E-state index contributed by atoms with van der Waals surface area (Å²) in [6.45, 7) is 0. The van der Waals surface area contributed by atoms with E-state index in [2.05, 4.69) is 34.8 Å². The van der Waals surface area contributed by atoms with Gasteiger partial charge >= 0.3 is 0 Å². The summed E-state index contributed by atoms with van der Waals surface area (Å²) in [6.07, 6.45) is 0.234. The normalized spacial score (nSPS) is 14.4. The molecule has 0 spiro atoms. The summed E-state index contributed by atoms with van der Waals surface area (Å²) >= 11 is 13.8. The Morgan fingerprint density at radius 3 is 1.88 bits per heavy atom. The monoisotopic (exact) mass is 180 g/mol. The van der Waals surface area contributed by atoms with Crippen molar-refractivity contribution in [3.8, 4) is 0 Å².